The number of Topliss-reactive ketones (excluding diaryl/α,β-unsaturated/α-hetero) is 1. The number of carbonyl (C=O) groups is 1. The molecule has 0 aliphatic heterocycles. The van der Waals surface area contributed by atoms with Crippen LogP contribution in [0.15, 0.2) is 34.2 Å². The Morgan fingerprint density at radius 3 is 2.70 bits per heavy atom. The number of benzene rings is 1. The average molecular weight is 461 g/mol. The van der Waals surface area contributed by atoms with Crippen molar-refractivity contribution in [3.63, 3.8) is 0 Å². The quantitative estimate of drug-likeness (QED) is 0.246. The normalized spacial score (nSPS) is 13.7. The summed E-state index contributed by atoms with van der Waals surface area (Å²) in [5, 5.41) is 2.07. The predicted molar refractivity (Wildman–Crippen MR) is 126 cm³/mol. The summed E-state index contributed by atoms with van der Waals surface area (Å²) in [6, 6.07) is 6.92. The maximum atomic E-state index is 13.5. The fourth-order valence-corrected chi connectivity index (χ4v) is 6.11. The first kappa shape index (κ1) is 21.6. The van der Waals surface area contributed by atoms with Gasteiger partial charge in [-0.3, -0.25) is 14.2 Å². The predicted octanol–water partition coefficient (Wildman–Crippen LogP) is 6.01. The van der Waals surface area contributed by atoms with Crippen molar-refractivity contribution >= 4 is 50.7 Å². The Morgan fingerprint density at radius 1 is 1.23 bits per heavy atom. The topological polar surface area (TPSA) is 52.0 Å². The summed E-state index contributed by atoms with van der Waals surface area (Å²) in [6.07, 6.45) is 5.23. The van der Waals surface area contributed by atoms with E-state index in [1.54, 1.807) is 40.2 Å². The number of nitrogens with zero attached hydrogens (tertiary/aromatic N) is 2. The van der Waals surface area contributed by atoms with E-state index in [-0.39, 0.29) is 17.1 Å². The first-order valence-corrected chi connectivity index (χ1v) is 12.6. The highest BCUT2D eigenvalue weighted by Crippen LogP contribution is 2.35. The Bertz CT molecular complexity index is 1130. The van der Waals surface area contributed by atoms with E-state index in [0.29, 0.717) is 28.2 Å². The summed E-state index contributed by atoms with van der Waals surface area (Å²) in [5.41, 5.74) is 1.89. The third-order valence-corrected chi connectivity index (χ3v) is 7.88. The van der Waals surface area contributed by atoms with Crippen LogP contribution < -0.4 is 5.56 Å². The number of fused-ring (bicyclic) bond motifs is 3. The summed E-state index contributed by atoms with van der Waals surface area (Å²) >= 11 is 8.94. The van der Waals surface area contributed by atoms with Gasteiger partial charge in [0.2, 0.25) is 0 Å². The van der Waals surface area contributed by atoms with Crippen LogP contribution in [0, 0.1) is 5.92 Å². The molecule has 0 saturated carbocycles. The summed E-state index contributed by atoms with van der Waals surface area (Å²) in [6.45, 7) is 4.93. The second kappa shape index (κ2) is 9.25. The molecule has 4 rings (SSSR count). The fraction of sp³-hybridized carbons (Fsp3) is 0.435. The number of thiophene rings is 1. The number of hydrogen-bond acceptors (Lipinski definition) is 5. The Labute approximate surface area is 189 Å². The van der Waals surface area contributed by atoms with Crippen LogP contribution in [0.2, 0.25) is 5.02 Å². The zero-order chi connectivity index (χ0) is 21.3. The van der Waals surface area contributed by atoms with Crippen LogP contribution in [0.1, 0.15) is 53.9 Å². The molecule has 0 amide bonds. The lowest BCUT2D eigenvalue weighted by Crippen LogP contribution is -2.25. The lowest BCUT2D eigenvalue weighted by atomic mass is 9.97. The molecule has 0 fully saturated rings. The van der Waals surface area contributed by atoms with E-state index in [0.717, 1.165) is 35.9 Å². The van der Waals surface area contributed by atoms with Crippen molar-refractivity contribution in [2.45, 2.75) is 57.7 Å². The van der Waals surface area contributed by atoms with Crippen molar-refractivity contribution in [3.05, 3.63) is 55.6 Å². The zero-order valence-corrected chi connectivity index (χ0v) is 19.6. The van der Waals surface area contributed by atoms with Crippen LogP contribution >= 0.6 is 34.7 Å². The number of thioether (sulfide) groups is 1. The largest absolute Gasteiger partial charge is 0.293 e. The molecule has 0 unspecified atom stereocenters. The molecule has 30 heavy (non-hydrogen) atoms. The van der Waals surface area contributed by atoms with Gasteiger partial charge in [0.25, 0.3) is 5.56 Å². The number of ketones is 1. The molecule has 0 saturated heterocycles. The number of aromatic nitrogens is 2. The molecular formula is C23H25ClN2O2S2. The summed E-state index contributed by atoms with van der Waals surface area (Å²) in [4.78, 5) is 33.1. The number of rotatable bonds is 7. The lowest BCUT2D eigenvalue weighted by molar-refractivity contribution is 0.102. The Balaban J connectivity index is 1.68. The van der Waals surface area contributed by atoms with Crippen LogP contribution in [0.3, 0.4) is 0 Å². The minimum Gasteiger partial charge on any atom is -0.293 e. The molecule has 1 aliphatic carbocycles. The van der Waals surface area contributed by atoms with Crippen LogP contribution in [-0.4, -0.2) is 21.1 Å². The highest BCUT2D eigenvalue weighted by Gasteiger charge is 2.22. The molecule has 3 aromatic rings. The van der Waals surface area contributed by atoms with E-state index in [9.17, 15) is 9.59 Å². The van der Waals surface area contributed by atoms with Gasteiger partial charge in [0.1, 0.15) is 4.83 Å². The van der Waals surface area contributed by atoms with Crippen molar-refractivity contribution in [2.75, 3.05) is 5.75 Å². The molecule has 1 aliphatic rings. The minimum absolute atomic E-state index is 0.00639. The van der Waals surface area contributed by atoms with Gasteiger partial charge in [-0.1, -0.05) is 37.2 Å². The molecule has 2 aromatic heterocycles. The second-order valence-corrected chi connectivity index (χ2v) is 10.6. The average Bonchev–Trinajstić information content (AvgIpc) is 3.10. The first-order chi connectivity index (χ1) is 14.4. The molecule has 0 N–H and O–H groups in total. The van der Waals surface area contributed by atoms with Crippen molar-refractivity contribution in [3.8, 4) is 0 Å². The van der Waals surface area contributed by atoms with Gasteiger partial charge in [0.15, 0.2) is 10.9 Å². The van der Waals surface area contributed by atoms with E-state index in [1.807, 2.05) is 0 Å². The molecule has 0 spiro atoms. The molecular weight excluding hydrogens is 436 g/mol. The maximum absolute atomic E-state index is 13.5. The van der Waals surface area contributed by atoms with Gasteiger partial charge < -0.3 is 0 Å². The molecule has 1 aromatic carbocycles. The molecule has 7 heteroatoms. The lowest BCUT2D eigenvalue weighted by Gasteiger charge is -2.14. The van der Waals surface area contributed by atoms with Gasteiger partial charge >= 0.3 is 0 Å². The number of halogens is 1. The first-order valence-electron chi connectivity index (χ1n) is 10.4. The minimum atomic E-state index is 0.00639. The summed E-state index contributed by atoms with van der Waals surface area (Å²) in [7, 11) is 0. The molecule has 0 bridgehead atoms. The standard InChI is InChI=1S/C23H25ClN2O2S2/c1-14(2)11-12-26-22(28)20-17-5-3-4-6-19(17)30-21(20)25-23(26)29-13-18(27)15-7-9-16(24)10-8-15/h7-10,14H,3-6,11-13H2,1-2H3. The van der Waals surface area contributed by atoms with E-state index < -0.39 is 0 Å². The zero-order valence-electron chi connectivity index (χ0n) is 17.2. The van der Waals surface area contributed by atoms with Gasteiger partial charge in [-0.15, -0.1) is 11.3 Å². The molecule has 2 heterocycles. The van der Waals surface area contributed by atoms with Crippen molar-refractivity contribution in [1.29, 1.82) is 0 Å². The van der Waals surface area contributed by atoms with Crippen LogP contribution in [0.25, 0.3) is 10.2 Å². The smallest absolute Gasteiger partial charge is 0.263 e. The molecule has 4 nitrogen and oxygen atoms in total. The van der Waals surface area contributed by atoms with Gasteiger partial charge in [0, 0.05) is 22.0 Å². The van der Waals surface area contributed by atoms with Gasteiger partial charge in [-0.2, -0.15) is 0 Å². The Morgan fingerprint density at radius 2 is 1.97 bits per heavy atom. The highest BCUT2D eigenvalue weighted by molar-refractivity contribution is 7.99. The number of carbonyl (C=O) groups excluding carboxylic acids is 1. The van der Waals surface area contributed by atoms with Crippen LogP contribution in [0.4, 0.5) is 0 Å². The van der Waals surface area contributed by atoms with E-state index in [2.05, 4.69) is 13.8 Å². The van der Waals surface area contributed by atoms with E-state index in [4.69, 9.17) is 16.6 Å². The van der Waals surface area contributed by atoms with Crippen molar-refractivity contribution in [2.24, 2.45) is 5.92 Å². The Hall–Kier alpha value is -1.63. The van der Waals surface area contributed by atoms with Crippen LogP contribution in [-0.2, 0) is 19.4 Å². The van der Waals surface area contributed by atoms with Crippen LogP contribution in [0.5, 0.6) is 0 Å². The van der Waals surface area contributed by atoms with Crippen molar-refractivity contribution < 1.29 is 4.79 Å². The molecule has 0 radical (unpaired) electrons. The number of hydrogen-bond donors (Lipinski definition) is 0. The van der Waals surface area contributed by atoms with Gasteiger partial charge in [-0.25, -0.2) is 4.98 Å². The highest BCUT2D eigenvalue weighted by atomic mass is 35.5. The SMILES string of the molecule is CC(C)CCn1c(SCC(=O)c2ccc(Cl)cc2)nc2sc3c(c2c1=O)CCCC3. The van der Waals surface area contributed by atoms with E-state index in [1.165, 1.54) is 28.6 Å². The Kier molecular flexibility index (Phi) is 6.66. The monoisotopic (exact) mass is 460 g/mol. The summed E-state index contributed by atoms with van der Waals surface area (Å²) < 4.78 is 1.80. The molecule has 0 atom stereocenters. The van der Waals surface area contributed by atoms with Crippen molar-refractivity contribution in [1.82, 2.24) is 9.55 Å². The van der Waals surface area contributed by atoms with Gasteiger partial charge in [-0.05, 0) is 67.9 Å². The van der Waals surface area contributed by atoms with Gasteiger partial charge in [0.05, 0.1) is 11.1 Å². The summed E-state index contributed by atoms with van der Waals surface area (Å²) in [5.74, 6) is 0.733. The maximum Gasteiger partial charge on any atom is 0.263 e. The third kappa shape index (κ3) is 4.51. The van der Waals surface area contributed by atoms with E-state index >= 15 is 0 Å². The fourth-order valence-electron chi connectivity index (χ4n) is 3.76. The molecule has 158 valence electrons. The second-order valence-electron chi connectivity index (χ2n) is 8.14. The number of aryl methyl sites for hydroxylation is 2. The third-order valence-electron chi connectivity index (χ3n) is 5.47.